The first-order valence-corrected chi connectivity index (χ1v) is 7.46. The maximum Gasteiger partial charge on any atom is 0.471 e. The summed E-state index contributed by atoms with van der Waals surface area (Å²) < 4.78 is 43.5. The highest BCUT2D eigenvalue weighted by atomic mass is 19.4. The highest BCUT2D eigenvalue weighted by molar-refractivity contribution is 5.82. The fraction of sp³-hybridized carbons (Fsp3) is 0.562. The SMILES string of the molecule is COc1ccc2c(c1)CC[C@@H]1[C@H]2CCCN1C(=O)C(F)(F)F. The fourth-order valence-electron chi connectivity index (χ4n) is 3.78. The summed E-state index contributed by atoms with van der Waals surface area (Å²) in [7, 11) is 1.59. The van der Waals surface area contributed by atoms with Crippen LogP contribution in [0.3, 0.4) is 0 Å². The second kappa shape index (κ2) is 5.48. The Balaban J connectivity index is 1.90. The summed E-state index contributed by atoms with van der Waals surface area (Å²) in [6, 6.07) is 5.39. The minimum atomic E-state index is -4.79. The van der Waals surface area contributed by atoms with Crippen LogP contribution in [0.1, 0.15) is 36.3 Å². The van der Waals surface area contributed by atoms with Crippen LogP contribution < -0.4 is 4.74 Å². The molecule has 0 N–H and O–H groups in total. The molecule has 2 aliphatic rings. The summed E-state index contributed by atoms with van der Waals surface area (Å²) >= 11 is 0. The summed E-state index contributed by atoms with van der Waals surface area (Å²) in [5.41, 5.74) is 2.19. The lowest BCUT2D eigenvalue weighted by molar-refractivity contribution is -0.189. The van der Waals surface area contributed by atoms with E-state index in [2.05, 4.69) is 0 Å². The molecule has 1 amide bonds. The Morgan fingerprint density at radius 1 is 1.32 bits per heavy atom. The Morgan fingerprint density at radius 3 is 2.77 bits per heavy atom. The molecule has 0 saturated carbocycles. The number of piperidine rings is 1. The Morgan fingerprint density at radius 2 is 2.09 bits per heavy atom. The Hall–Kier alpha value is -1.72. The quantitative estimate of drug-likeness (QED) is 0.796. The van der Waals surface area contributed by atoms with E-state index < -0.39 is 12.1 Å². The number of carbonyl (C=O) groups excluding carboxylic acids is 1. The number of rotatable bonds is 1. The molecule has 0 spiro atoms. The van der Waals surface area contributed by atoms with Gasteiger partial charge in [-0.15, -0.1) is 0 Å². The van der Waals surface area contributed by atoms with E-state index in [9.17, 15) is 18.0 Å². The van der Waals surface area contributed by atoms with Crippen molar-refractivity contribution < 1.29 is 22.7 Å². The van der Waals surface area contributed by atoms with Gasteiger partial charge in [0.2, 0.25) is 0 Å². The standard InChI is InChI=1S/C16H18F3NO2/c1-22-11-5-6-12-10(9-11)4-7-14-13(12)3-2-8-20(14)15(21)16(17,18)19/h5-6,9,13-14H,2-4,7-8H2,1H3/t13-,14+/m0/s1. The third-order valence-electron chi connectivity index (χ3n) is 4.74. The van der Waals surface area contributed by atoms with E-state index in [0.717, 1.165) is 28.2 Å². The maximum atomic E-state index is 12.8. The number of halogens is 3. The fourth-order valence-corrected chi connectivity index (χ4v) is 3.78. The van der Waals surface area contributed by atoms with Crippen LogP contribution in [-0.4, -0.2) is 36.7 Å². The highest BCUT2D eigenvalue weighted by Gasteiger charge is 2.48. The van der Waals surface area contributed by atoms with Crippen LogP contribution in [0.4, 0.5) is 13.2 Å². The van der Waals surface area contributed by atoms with Gasteiger partial charge in [0.15, 0.2) is 0 Å². The average Bonchev–Trinajstić information content (AvgIpc) is 2.51. The van der Waals surface area contributed by atoms with Gasteiger partial charge in [-0.2, -0.15) is 13.2 Å². The predicted octanol–water partition coefficient (Wildman–Crippen LogP) is 3.28. The number of hydrogen-bond donors (Lipinski definition) is 0. The van der Waals surface area contributed by atoms with Gasteiger partial charge in [-0.05, 0) is 48.9 Å². The molecule has 0 unspecified atom stereocenters. The molecule has 1 saturated heterocycles. The molecule has 2 atom stereocenters. The van der Waals surface area contributed by atoms with Gasteiger partial charge in [0.05, 0.1) is 7.11 Å². The second-order valence-corrected chi connectivity index (χ2v) is 5.92. The largest absolute Gasteiger partial charge is 0.497 e. The van der Waals surface area contributed by atoms with Crippen molar-refractivity contribution >= 4 is 5.91 Å². The van der Waals surface area contributed by atoms with Gasteiger partial charge in [0.25, 0.3) is 0 Å². The number of hydrogen-bond acceptors (Lipinski definition) is 2. The zero-order valence-electron chi connectivity index (χ0n) is 12.3. The third kappa shape index (κ3) is 2.55. The summed E-state index contributed by atoms with van der Waals surface area (Å²) in [6.45, 7) is 0.199. The lowest BCUT2D eigenvalue weighted by Gasteiger charge is -2.45. The molecule has 1 aliphatic carbocycles. The number of carbonyl (C=O) groups is 1. The third-order valence-corrected chi connectivity index (χ3v) is 4.74. The molecule has 0 radical (unpaired) electrons. The van der Waals surface area contributed by atoms with Gasteiger partial charge in [-0.3, -0.25) is 4.79 Å². The van der Waals surface area contributed by atoms with Crippen molar-refractivity contribution in [1.29, 1.82) is 0 Å². The summed E-state index contributed by atoms with van der Waals surface area (Å²) in [5, 5.41) is 0. The van der Waals surface area contributed by atoms with Gasteiger partial charge in [0, 0.05) is 18.5 Å². The van der Waals surface area contributed by atoms with E-state index in [-0.39, 0.29) is 18.5 Å². The summed E-state index contributed by atoms with van der Waals surface area (Å²) in [4.78, 5) is 12.7. The molecule has 3 rings (SSSR count). The zero-order chi connectivity index (χ0) is 15.9. The monoisotopic (exact) mass is 313 g/mol. The molecular formula is C16H18F3NO2. The molecule has 120 valence electrons. The van der Waals surface area contributed by atoms with E-state index >= 15 is 0 Å². The number of likely N-dealkylation sites (tertiary alicyclic amines) is 1. The highest BCUT2D eigenvalue weighted by Crippen LogP contribution is 2.42. The van der Waals surface area contributed by atoms with Gasteiger partial charge in [-0.25, -0.2) is 0 Å². The molecule has 22 heavy (non-hydrogen) atoms. The Labute approximate surface area is 127 Å². The van der Waals surface area contributed by atoms with Crippen molar-refractivity contribution in [3.63, 3.8) is 0 Å². The minimum absolute atomic E-state index is 0.00490. The molecule has 1 aliphatic heterocycles. The molecule has 0 bridgehead atoms. The number of nitrogens with zero attached hydrogens (tertiary/aromatic N) is 1. The number of alkyl halides is 3. The van der Waals surface area contributed by atoms with Gasteiger partial charge in [-0.1, -0.05) is 6.07 Å². The van der Waals surface area contributed by atoms with Crippen LogP contribution in [-0.2, 0) is 11.2 Å². The van der Waals surface area contributed by atoms with Crippen LogP contribution in [0.15, 0.2) is 18.2 Å². The second-order valence-electron chi connectivity index (χ2n) is 5.92. The number of ether oxygens (including phenoxy) is 1. The van der Waals surface area contributed by atoms with E-state index in [1.807, 2.05) is 18.2 Å². The van der Waals surface area contributed by atoms with Crippen molar-refractivity contribution in [2.45, 2.75) is 43.8 Å². The van der Waals surface area contributed by atoms with Gasteiger partial charge >= 0.3 is 12.1 Å². The lowest BCUT2D eigenvalue weighted by atomic mass is 9.74. The number of methoxy groups -OCH3 is 1. The normalized spacial score (nSPS) is 24.5. The van der Waals surface area contributed by atoms with Crippen LogP contribution in [0, 0.1) is 0 Å². The first-order chi connectivity index (χ1) is 10.4. The molecule has 1 aromatic rings. The van der Waals surface area contributed by atoms with Crippen molar-refractivity contribution in [2.75, 3.05) is 13.7 Å². The smallest absolute Gasteiger partial charge is 0.471 e. The van der Waals surface area contributed by atoms with Crippen LogP contribution in [0.2, 0.25) is 0 Å². The number of amides is 1. The average molecular weight is 313 g/mol. The Kier molecular flexibility index (Phi) is 3.78. The molecule has 6 heteroatoms. The van der Waals surface area contributed by atoms with E-state index in [1.54, 1.807) is 7.11 Å². The zero-order valence-corrected chi connectivity index (χ0v) is 12.3. The molecular weight excluding hydrogens is 295 g/mol. The van der Waals surface area contributed by atoms with Gasteiger partial charge < -0.3 is 9.64 Å². The Bertz CT molecular complexity index is 585. The number of aryl methyl sites for hydroxylation is 1. The molecule has 3 nitrogen and oxygen atoms in total. The van der Waals surface area contributed by atoms with Crippen molar-refractivity contribution in [1.82, 2.24) is 4.90 Å². The van der Waals surface area contributed by atoms with Crippen molar-refractivity contribution in [2.24, 2.45) is 0 Å². The first-order valence-electron chi connectivity index (χ1n) is 7.46. The van der Waals surface area contributed by atoms with Crippen molar-refractivity contribution in [3.05, 3.63) is 29.3 Å². The van der Waals surface area contributed by atoms with Crippen molar-refractivity contribution in [3.8, 4) is 5.75 Å². The summed E-state index contributed by atoms with van der Waals surface area (Å²) in [6.07, 6.45) is -2.11. The molecule has 0 aromatic heterocycles. The van der Waals surface area contributed by atoms with E-state index in [4.69, 9.17) is 4.74 Å². The molecule has 1 aromatic carbocycles. The van der Waals surface area contributed by atoms with E-state index in [0.29, 0.717) is 19.3 Å². The maximum absolute atomic E-state index is 12.8. The van der Waals surface area contributed by atoms with E-state index in [1.165, 1.54) is 0 Å². The molecule has 1 heterocycles. The van der Waals surface area contributed by atoms with Gasteiger partial charge in [0.1, 0.15) is 5.75 Å². The number of fused-ring (bicyclic) bond motifs is 3. The summed E-state index contributed by atoms with van der Waals surface area (Å²) in [5.74, 6) is -0.940. The lowest BCUT2D eigenvalue weighted by Crippen LogP contribution is -2.53. The number of benzene rings is 1. The topological polar surface area (TPSA) is 29.5 Å². The minimum Gasteiger partial charge on any atom is -0.497 e. The predicted molar refractivity (Wildman–Crippen MR) is 74.8 cm³/mol. The first kappa shape index (κ1) is 15.2. The van der Waals surface area contributed by atoms with Crippen LogP contribution in [0.25, 0.3) is 0 Å². The van der Waals surface area contributed by atoms with Crippen LogP contribution in [0.5, 0.6) is 5.75 Å². The van der Waals surface area contributed by atoms with Crippen LogP contribution >= 0.6 is 0 Å². The molecule has 1 fully saturated rings.